The molecule has 0 aliphatic heterocycles. The van der Waals surface area contributed by atoms with Gasteiger partial charge in [-0.1, -0.05) is 29.8 Å². The van der Waals surface area contributed by atoms with Crippen LogP contribution in [0.1, 0.15) is 10.4 Å². The molecule has 0 atom stereocenters. The molecule has 0 spiro atoms. The van der Waals surface area contributed by atoms with Crippen molar-refractivity contribution in [3.05, 3.63) is 45.4 Å². The van der Waals surface area contributed by atoms with Gasteiger partial charge in [0.15, 0.2) is 0 Å². The largest absolute Gasteiger partial charge is 0.349 e. The highest BCUT2D eigenvalue weighted by Gasteiger charge is 2.10. The number of benzene rings is 1. The summed E-state index contributed by atoms with van der Waals surface area (Å²) < 4.78 is 0.708. The first-order valence-electron chi connectivity index (χ1n) is 4.74. The summed E-state index contributed by atoms with van der Waals surface area (Å²) in [6, 6.07) is 5.23. The molecule has 3 N–H and O–H groups in total. The molecule has 16 heavy (non-hydrogen) atoms. The number of amides is 1. The van der Waals surface area contributed by atoms with Crippen molar-refractivity contribution >= 4 is 33.4 Å². The lowest BCUT2D eigenvalue weighted by atomic mass is 10.2. The third-order valence-corrected chi connectivity index (χ3v) is 3.18. The molecule has 1 aromatic carbocycles. The van der Waals surface area contributed by atoms with E-state index in [9.17, 15) is 4.79 Å². The van der Waals surface area contributed by atoms with Crippen LogP contribution in [0.25, 0.3) is 0 Å². The first kappa shape index (κ1) is 13.2. The summed E-state index contributed by atoms with van der Waals surface area (Å²) in [6.45, 7) is 0.909. The van der Waals surface area contributed by atoms with Gasteiger partial charge in [-0.3, -0.25) is 4.79 Å². The smallest absolute Gasteiger partial charge is 0.253 e. The summed E-state index contributed by atoms with van der Waals surface area (Å²) in [5.74, 6) is -0.201. The lowest BCUT2D eigenvalue weighted by Gasteiger charge is -2.05. The van der Waals surface area contributed by atoms with Crippen LogP contribution in [-0.2, 0) is 0 Å². The number of rotatable bonds is 4. The predicted octanol–water partition coefficient (Wildman–Crippen LogP) is 2.35. The summed E-state index contributed by atoms with van der Waals surface area (Å²) in [4.78, 5) is 11.7. The van der Waals surface area contributed by atoms with Gasteiger partial charge in [-0.15, -0.1) is 0 Å². The SMILES string of the molecule is NC/C=C/CNC(=O)c1cccc(Br)c1Cl. The van der Waals surface area contributed by atoms with Crippen LogP contribution in [0.2, 0.25) is 5.02 Å². The molecule has 5 heteroatoms. The quantitative estimate of drug-likeness (QED) is 0.839. The van der Waals surface area contributed by atoms with E-state index in [1.165, 1.54) is 0 Å². The van der Waals surface area contributed by atoms with Crippen LogP contribution >= 0.6 is 27.5 Å². The number of hydrogen-bond acceptors (Lipinski definition) is 2. The van der Waals surface area contributed by atoms with Gasteiger partial charge in [-0.05, 0) is 28.1 Å². The molecule has 0 saturated carbocycles. The monoisotopic (exact) mass is 302 g/mol. The van der Waals surface area contributed by atoms with Crippen LogP contribution in [0, 0.1) is 0 Å². The van der Waals surface area contributed by atoms with E-state index in [1.807, 2.05) is 0 Å². The van der Waals surface area contributed by atoms with E-state index in [0.717, 1.165) is 0 Å². The Kier molecular flexibility index (Phi) is 5.52. The Labute approximate surface area is 108 Å². The highest BCUT2D eigenvalue weighted by atomic mass is 79.9. The molecular formula is C11H12BrClN2O. The minimum atomic E-state index is -0.201. The van der Waals surface area contributed by atoms with E-state index in [0.29, 0.717) is 28.1 Å². The van der Waals surface area contributed by atoms with Gasteiger partial charge in [-0.25, -0.2) is 0 Å². The second kappa shape index (κ2) is 6.68. The molecule has 0 aliphatic carbocycles. The second-order valence-electron chi connectivity index (χ2n) is 3.02. The molecule has 0 aromatic heterocycles. The zero-order valence-corrected chi connectivity index (χ0v) is 10.9. The minimum absolute atomic E-state index is 0.201. The Morgan fingerprint density at radius 3 is 2.94 bits per heavy atom. The molecule has 86 valence electrons. The number of halogens is 2. The van der Waals surface area contributed by atoms with Gasteiger partial charge in [0.25, 0.3) is 5.91 Å². The van der Waals surface area contributed by atoms with E-state index in [2.05, 4.69) is 21.2 Å². The third-order valence-electron chi connectivity index (χ3n) is 1.88. The van der Waals surface area contributed by atoms with Crippen LogP contribution < -0.4 is 11.1 Å². The maximum Gasteiger partial charge on any atom is 0.253 e. The summed E-state index contributed by atoms with van der Waals surface area (Å²) in [7, 11) is 0. The maximum atomic E-state index is 11.7. The van der Waals surface area contributed by atoms with Crippen LogP contribution in [0.5, 0.6) is 0 Å². The first-order chi connectivity index (χ1) is 7.66. The van der Waals surface area contributed by atoms with Gasteiger partial charge in [0, 0.05) is 17.6 Å². The molecule has 0 aliphatic rings. The second-order valence-corrected chi connectivity index (χ2v) is 4.25. The van der Waals surface area contributed by atoms with Crippen molar-refractivity contribution in [1.82, 2.24) is 5.32 Å². The van der Waals surface area contributed by atoms with Gasteiger partial charge >= 0.3 is 0 Å². The van der Waals surface area contributed by atoms with Crippen LogP contribution in [0.4, 0.5) is 0 Å². The van der Waals surface area contributed by atoms with Crippen LogP contribution in [-0.4, -0.2) is 19.0 Å². The first-order valence-corrected chi connectivity index (χ1v) is 5.91. The van der Waals surface area contributed by atoms with Crippen molar-refractivity contribution in [3.8, 4) is 0 Å². The van der Waals surface area contributed by atoms with Gasteiger partial charge < -0.3 is 11.1 Å². The lowest BCUT2D eigenvalue weighted by molar-refractivity contribution is 0.0958. The topological polar surface area (TPSA) is 55.1 Å². The lowest BCUT2D eigenvalue weighted by Crippen LogP contribution is -2.23. The highest BCUT2D eigenvalue weighted by molar-refractivity contribution is 9.10. The average molecular weight is 304 g/mol. The Balaban J connectivity index is 2.66. The Bertz CT molecular complexity index is 407. The fraction of sp³-hybridized carbons (Fsp3) is 0.182. The predicted molar refractivity (Wildman–Crippen MR) is 69.7 cm³/mol. The molecule has 1 rings (SSSR count). The normalized spacial score (nSPS) is 10.7. The Morgan fingerprint density at radius 2 is 2.25 bits per heavy atom. The molecule has 1 amide bonds. The summed E-state index contributed by atoms with van der Waals surface area (Å²) in [5.41, 5.74) is 5.73. The van der Waals surface area contributed by atoms with E-state index in [4.69, 9.17) is 17.3 Å². The fourth-order valence-electron chi connectivity index (χ4n) is 1.11. The van der Waals surface area contributed by atoms with Crippen molar-refractivity contribution in [3.63, 3.8) is 0 Å². The van der Waals surface area contributed by atoms with E-state index in [1.54, 1.807) is 30.4 Å². The molecule has 1 aromatic rings. The zero-order chi connectivity index (χ0) is 12.0. The molecular weight excluding hydrogens is 291 g/mol. The van der Waals surface area contributed by atoms with Gasteiger partial charge in [0.2, 0.25) is 0 Å². The van der Waals surface area contributed by atoms with Crippen molar-refractivity contribution in [2.45, 2.75) is 0 Å². The fourth-order valence-corrected chi connectivity index (χ4v) is 1.68. The van der Waals surface area contributed by atoms with Gasteiger partial charge in [-0.2, -0.15) is 0 Å². The molecule has 3 nitrogen and oxygen atoms in total. The molecule has 0 radical (unpaired) electrons. The number of carbonyl (C=O) groups is 1. The van der Waals surface area contributed by atoms with Crippen molar-refractivity contribution in [2.75, 3.05) is 13.1 Å². The minimum Gasteiger partial charge on any atom is -0.349 e. The molecule has 0 saturated heterocycles. The van der Waals surface area contributed by atoms with E-state index < -0.39 is 0 Å². The van der Waals surface area contributed by atoms with Crippen molar-refractivity contribution in [1.29, 1.82) is 0 Å². The summed E-state index contributed by atoms with van der Waals surface area (Å²) >= 11 is 9.25. The van der Waals surface area contributed by atoms with E-state index >= 15 is 0 Å². The molecule has 0 heterocycles. The van der Waals surface area contributed by atoms with Crippen molar-refractivity contribution in [2.24, 2.45) is 5.73 Å². The average Bonchev–Trinajstić information content (AvgIpc) is 2.28. The van der Waals surface area contributed by atoms with Gasteiger partial charge in [0.1, 0.15) is 0 Å². The maximum absolute atomic E-state index is 11.7. The number of nitrogens with two attached hydrogens (primary N) is 1. The van der Waals surface area contributed by atoms with E-state index in [-0.39, 0.29) is 5.91 Å². The summed E-state index contributed by atoms with van der Waals surface area (Å²) in [5, 5.41) is 3.13. The van der Waals surface area contributed by atoms with Crippen LogP contribution in [0.15, 0.2) is 34.8 Å². The number of carbonyl (C=O) groups excluding carboxylic acids is 1. The molecule has 0 unspecified atom stereocenters. The zero-order valence-electron chi connectivity index (χ0n) is 8.54. The molecule has 0 fully saturated rings. The van der Waals surface area contributed by atoms with Gasteiger partial charge in [0.05, 0.1) is 10.6 Å². The van der Waals surface area contributed by atoms with Crippen LogP contribution in [0.3, 0.4) is 0 Å². The third kappa shape index (κ3) is 3.63. The highest BCUT2D eigenvalue weighted by Crippen LogP contribution is 2.25. The van der Waals surface area contributed by atoms with Crippen molar-refractivity contribution < 1.29 is 4.79 Å². The Hall–Kier alpha value is -0.840. The summed E-state index contributed by atoms with van der Waals surface area (Å²) in [6.07, 6.45) is 3.58. The standard InChI is InChI=1S/C11H12BrClN2O/c12-9-5-3-4-8(10(9)13)11(16)15-7-2-1-6-14/h1-5H,6-7,14H2,(H,15,16)/b2-1+. The molecule has 0 bridgehead atoms. The number of hydrogen-bond donors (Lipinski definition) is 2. The Morgan fingerprint density at radius 1 is 1.50 bits per heavy atom. The number of nitrogens with one attached hydrogen (secondary N) is 1.